The van der Waals surface area contributed by atoms with E-state index in [1.165, 1.54) is 0 Å². The lowest BCUT2D eigenvalue weighted by Crippen LogP contribution is -2.29. The predicted octanol–water partition coefficient (Wildman–Crippen LogP) is 1.65. The van der Waals surface area contributed by atoms with Crippen molar-refractivity contribution < 1.29 is 19.5 Å². The van der Waals surface area contributed by atoms with E-state index in [9.17, 15) is 14.4 Å². The average Bonchev–Trinajstić information content (AvgIpc) is 2.90. The summed E-state index contributed by atoms with van der Waals surface area (Å²) in [6.45, 7) is 2.81. The molecule has 0 aliphatic carbocycles. The molecule has 1 fully saturated rings. The van der Waals surface area contributed by atoms with Crippen LogP contribution >= 0.6 is 0 Å². The zero-order chi connectivity index (χ0) is 16.1. The maximum absolute atomic E-state index is 12.0. The molecule has 1 atom stereocenters. The number of carboxylic acids is 1. The molecule has 2 rings (SSSR count). The molecule has 22 heavy (non-hydrogen) atoms. The molecule has 2 N–H and O–H groups in total. The Labute approximate surface area is 129 Å². The van der Waals surface area contributed by atoms with Gasteiger partial charge in [-0.2, -0.15) is 0 Å². The van der Waals surface area contributed by atoms with Gasteiger partial charge >= 0.3 is 5.97 Å². The maximum Gasteiger partial charge on any atom is 0.303 e. The lowest BCUT2D eigenvalue weighted by atomic mass is 10.1. The number of aliphatic carboxylic acids is 1. The molecule has 0 saturated carbocycles. The Morgan fingerprint density at radius 3 is 2.55 bits per heavy atom. The molecule has 6 nitrogen and oxygen atoms in total. The van der Waals surface area contributed by atoms with Crippen molar-refractivity contribution in [3.63, 3.8) is 0 Å². The van der Waals surface area contributed by atoms with Crippen LogP contribution in [0.1, 0.15) is 36.5 Å². The standard InChI is InChI=1S/C16H20N2O4/c1-11(9-15(20)21)10-17-16(22)12-4-6-13(7-5-12)18-8-2-3-14(18)19/h4-7,11H,2-3,8-10H2,1H3,(H,17,22)(H,20,21). The number of carboxylic acid groups (broad SMARTS) is 1. The second-order valence-electron chi connectivity index (χ2n) is 5.61. The second-order valence-corrected chi connectivity index (χ2v) is 5.61. The molecule has 0 radical (unpaired) electrons. The number of carbonyl (C=O) groups is 3. The van der Waals surface area contributed by atoms with Gasteiger partial charge in [0.15, 0.2) is 0 Å². The van der Waals surface area contributed by atoms with Crippen molar-refractivity contribution in [2.75, 3.05) is 18.0 Å². The smallest absolute Gasteiger partial charge is 0.303 e. The van der Waals surface area contributed by atoms with Crippen molar-refractivity contribution in [1.29, 1.82) is 0 Å². The van der Waals surface area contributed by atoms with Gasteiger partial charge in [-0.15, -0.1) is 0 Å². The predicted molar refractivity (Wildman–Crippen MR) is 81.8 cm³/mol. The number of carbonyl (C=O) groups excluding carboxylic acids is 2. The van der Waals surface area contributed by atoms with Gasteiger partial charge in [0.1, 0.15) is 0 Å². The fraction of sp³-hybridized carbons (Fsp3) is 0.438. The van der Waals surface area contributed by atoms with E-state index in [1.54, 1.807) is 36.1 Å². The third kappa shape index (κ3) is 4.07. The molecule has 1 unspecified atom stereocenters. The highest BCUT2D eigenvalue weighted by Gasteiger charge is 2.21. The molecular formula is C16H20N2O4. The van der Waals surface area contributed by atoms with Crippen LogP contribution in [0, 0.1) is 5.92 Å². The summed E-state index contributed by atoms with van der Waals surface area (Å²) in [7, 11) is 0. The Bertz CT molecular complexity index is 568. The molecule has 0 spiro atoms. The van der Waals surface area contributed by atoms with Gasteiger partial charge in [0.2, 0.25) is 5.91 Å². The van der Waals surface area contributed by atoms with Gasteiger partial charge in [0, 0.05) is 37.2 Å². The van der Waals surface area contributed by atoms with Crippen molar-refractivity contribution >= 4 is 23.5 Å². The van der Waals surface area contributed by atoms with E-state index < -0.39 is 5.97 Å². The lowest BCUT2D eigenvalue weighted by Gasteiger charge is -2.16. The third-order valence-electron chi connectivity index (χ3n) is 3.65. The molecule has 1 saturated heterocycles. The maximum atomic E-state index is 12.0. The average molecular weight is 304 g/mol. The number of amides is 2. The highest BCUT2D eigenvalue weighted by Crippen LogP contribution is 2.21. The number of nitrogens with one attached hydrogen (secondary N) is 1. The van der Waals surface area contributed by atoms with Gasteiger partial charge in [-0.05, 0) is 36.6 Å². The first-order chi connectivity index (χ1) is 10.5. The van der Waals surface area contributed by atoms with Gasteiger partial charge in [-0.1, -0.05) is 6.92 Å². The topological polar surface area (TPSA) is 86.7 Å². The number of hydrogen-bond donors (Lipinski definition) is 2. The van der Waals surface area contributed by atoms with Crippen LogP contribution in [0.3, 0.4) is 0 Å². The first kappa shape index (κ1) is 16.0. The molecule has 1 aliphatic heterocycles. The zero-order valence-corrected chi connectivity index (χ0v) is 12.5. The molecule has 0 bridgehead atoms. The van der Waals surface area contributed by atoms with Crippen molar-refractivity contribution in [2.45, 2.75) is 26.2 Å². The molecule has 1 aliphatic rings. The Balaban J connectivity index is 1.91. The zero-order valence-electron chi connectivity index (χ0n) is 12.5. The summed E-state index contributed by atoms with van der Waals surface area (Å²) in [6, 6.07) is 6.88. The Morgan fingerprint density at radius 1 is 1.32 bits per heavy atom. The summed E-state index contributed by atoms with van der Waals surface area (Å²) in [5.74, 6) is -1.12. The van der Waals surface area contributed by atoms with Gasteiger partial charge in [-0.25, -0.2) is 0 Å². The monoisotopic (exact) mass is 304 g/mol. The Kier molecular flexibility index (Phi) is 5.14. The second kappa shape index (κ2) is 7.06. The minimum atomic E-state index is -0.874. The summed E-state index contributed by atoms with van der Waals surface area (Å²) in [6.07, 6.45) is 1.46. The first-order valence-electron chi connectivity index (χ1n) is 7.38. The van der Waals surface area contributed by atoms with Crippen LogP contribution in [0.25, 0.3) is 0 Å². The lowest BCUT2D eigenvalue weighted by molar-refractivity contribution is -0.137. The Hall–Kier alpha value is -2.37. The van der Waals surface area contributed by atoms with Crippen LogP contribution in [0.15, 0.2) is 24.3 Å². The van der Waals surface area contributed by atoms with Crippen molar-refractivity contribution in [3.8, 4) is 0 Å². The van der Waals surface area contributed by atoms with Crippen molar-refractivity contribution in [1.82, 2.24) is 5.32 Å². The highest BCUT2D eigenvalue weighted by atomic mass is 16.4. The van der Waals surface area contributed by atoms with E-state index in [4.69, 9.17) is 5.11 Å². The van der Waals surface area contributed by atoms with E-state index in [0.717, 1.165) is 18.7 Å². The number of nitrogens with zero attached hydrogens (tertiary/aromatic N) is 1. The highest BCUT2D eigenvalue weighted by molar-refractivity contribution is 5.97. The molecule has 1 heterocycles. The molecule has 118 valence electrons. The van der Waals surface area contributed by atoms with Gasteiger partial charge < -0.3 is 15.3 Å². The Morgan fingerprint density at radius 2 is 2.00 bits per heavy atom. The number of anilines is 1. The van der Waals surface area contributed by atoms with Crippen LogP contribution in [0.5, 0.6) is 0 Å². The number of benzene rings is 1. The summed E-state index contributed by atoms with van der Waals surface area (Å²) in [5, 5.41) is 11.4. The van der Waals surface area contributed by atoms with Crippen LogP contribution in [-0.2, 0) is 9.59 Å². The largest absolute Gasteiger partial charge is 0.481 e. The van der Waals surface area contributed by atoms with Crippen molar-refractivity contribution in [2.24, 2.45) is 5.92 Å². The SMILES string of the molecule is CC(CNC(=O)c1ccc(N2CCCC2=O)cc1)CC(=O)O. The molecule has 6 heteroatoms. The van der Waals surface area contributed by atoms with E-state index >= 15 is 0 Å². The molecular weight excluding hydrogens is 284 g/mol. The minimum Gasteiger partial charge on any atom is -0.481 e. The summed E-state index contributed by atoms with van der Waals surface area (Å²) < 4.78 is 0. The van der Waals surface area contributed by atoms with Crippen LogP contribution < -0.4 is 10.2 Å². The molecule has 2 amide bonds. The van der Waals surface area contributed by atoms with Crippen molar-refractivity contribution in [3.05, 3.63) is 29.8 Å². The van der Waals surface area contributed by atoms with Crippen LogP contribution in [0.4, 0.5) is 5.69 Å². The minimum absolute atomic E-state index is 0.0241. The van der Waals surface area contributed by atoms with Gasteiger partial charge in [0.25, 0.3) is 5.91 Å². The molecule has 1 aromatic carbocycles. The van der Waals surface area contributed by atoms with Crippen LogP contribution in [-0.4, -0.2) is 36.0 Å². The number of hydrogen-bond acceptors (Lipinski definition) is 3. The summed E-state index contributed by atoms with van der Waals surface area (Å²) in [4.78, 5) is 35.9. The summed E-state index contributed by atoms with van der Waals surface area (Å²) >= 11 is 0. The fourth-order valence-corrected chi connectivity index (χ4v) is 2.45. The summed E-state index contributed by atoms with van der Waals surface area (Å²) in [5.41, 5.74) is 1.30. The normalized spacial score (nSPS) is 15.7. The quantitative estimate of drug-likeness (QED) is 0.836. The first-order valence-corrected chi connectivity index (χ1v) is 7.38. The molecule has 1 aromatic rings. The van der Waals surface area contributed by atoms with E-state index in [0.29, 0.717) is 18.5 Å². The number of rotatable bonds is 6. The van der Waals surface area contributed by atoms with Gasteiger partial charge in [0.05, 0.1) is 0 Å². The van der Waals surface area contributed by atoms with Gasteiger partial charge in [-0.3, -0.25) is 14.4 Å². The third-order valence-corrected chi connectivity index (χ3v) is 3.65. The van der Waals surface area contributed by atoms with E-state index in [2.05, 4.69) is 5.32 Å². The van der Waals surface area contributed by atoms with E-state index in [-0.39, 0.29) is 24.2 Å². The molecule has 0 aromatic heterocycles. The van der Waals surface area contributed by atoms with Crippen LogP contribution in [0.2, 0.25) is 0 Å². The van der Waals surface area contributed by atoms with E-state index in [1.807, 2.05) is 0 Å². The fourth-order valence-electron chi connectivity index (χ4n) is 2.45.